The number of urea groups is 1. The summed E-state index contributed by atoms with van der Waals surface area (Å²) in [5.74, 6) is -0.597. The number of anilines is 1. The number of amides is 3. The topological polar surface area (TPSA) is 99.8 Å². The maximum atomic E-state index is 13.5. The standard InChI is InChI=1S/C18H16FN5O2S/c1-11-6-8-12(9-7-11)16-22-18(24-23-16)27-10-15(25)21-17(26)20-14-5-3-2-4-13(14)19/h2-9H,10H2,1H3,(H,22,23,24)(H2,20,21,25,26). The van der Waals surface area contributed by atoms with E-state index in [4.69, 9.17) is 0 Å². The van der Waals surface area contributed by atoms with Gasteiger partial charge >= 0.3 is 6.03 Å². The minimum absolute atomic E-state index is 0.00726. The van der Waals surface area contributed by atoms with Gasteiger partial charge in [-0.15, -0.1) is 5.10 Å². The Morgan fingerprint density at radius 3 is 2.63 bits per heavy atom. The van der Waals surface area contributed by atoms with Gasteiger partial charge in [-0.2, -0.15) is 0 Å². The molecule has 3 amide bonds. The van der Waals surface area contributed by atoms with Gasteiger partial charge in [-0.1, -0.05) is 53.7 Å². The predicted octanol–water partition coefficient (Wildman–Crippen LogP) is 3.36. The molecule has 0 saturated heterocycles. The molecule has 3 N–H and O–H groups in total. The highest BCUT2D eigenvalue weighted by Crippen LogP contribution is 2.19. The van der Waals surface area contributed by atoms with E-state index >= 15 is 0 Å². The molecule has 0 radical (unpaired) electrons. The molecule has 2 aromatic carbocycles. The molecule has 7 nitrogen and oxygen atoms in total. The van der Waals surface area contributed by atoms with Crippen LogP contribution in [0.3, 0.4) is 0 Å². The number of hydrogen-bond donors (Lipinski definition) is 3. The van der Waals surface area contributed by atoms with Gasteiger partial charge in [-0.3, -0.25) is 15.2 Å². The average molecular weight is 385 g/mol. The zero-order chi connectivity index (χ0) is 19.2. The number of carbonyl (C=O) groups excluding carboxylic acids is 2. The molecule has 0 fully saturated rings. The Bertz CT molecular complexity index is 958. The van der Waals surface area contributed by atoms with Crippen molar-refractivity contribution < 1.29 is 14.0 Å². The van der Waals surface area contributed by atoms with Gasteiger partial charge in [0.25, 0.3) is 0 Å². The fraction of sp³-hybridized carbons (Fsp3) is 0.111. The number of para-hydroxylation sites is 1. The van der Waals surface area contributed by atoms with E-state index in [1.165, 1.54) is 18.2 Å². The molecule has 0 aliphatic rings. The third-order valence-electron chi connectivity index (χ3n) is 3.50. The number of aromatic amines is 1. The third kappa shape index (κ3) is 5.14. The summed E-state index contributed by atoms with van der Waals surface area (Å²) >= 11 is 1.08. The molecule has 1 aromatic heterocycles. The molecular weight excluding hydrogens is 369 g/mol. The van der Waals surface area contributed by atoms with Gasteiger partial charge in [0.05, 0.1) is 11.4 Å². The van der Waals surface area contributed by atoms with Crippen LogP contribution in [0.15, 0.2) is 53.7 Å². The van der Waals surface area contributed by atoms with E-state index < -0.39 is 17.8 Å². The molecule has 3 aromatic rings. The van der Waals surface area contributed by atoms with Crippen LogP contribution in [0.4, 0.5) is 14.9 Å². The molecule has 0 aliphatic carbocycles. The van der Waals surface area contributed by atoms with Crippen LogP contribution in [0.25, 0.3) is 11.4 Å². The molecule has 3 rings (SSSR count). The molecule has 1 heterocycles. The Kier molecular flexibility index (Phi) is 5.82. The van der Waals surface area contributed by atoms with E-state index in [2.05, 4.69) is 25.8 Å². The minimum Gasteiger partial charge on any atom is -0.305 e. The monoisotopic (exact) mass is 385 g/mol. The molecule has 0 saturated carbocycles. The lowest BCUT2D eigenvalue weighted by Crippen LogP contribution is -2.35. The largest absolute Gasteiger partial charge is 0.325 e. The Morgan fingerprint density at radius 1 is 1.15 bits per heavy atom. The van der Waals surface area contributed by atoms with E-state index in [1.807, 2.05) is 31.2 Å². The average Bonchev–Trinajstić information content (AvgIpc) is 3.11. The van der Waals surface area contributed by atoms with Crippen LogP contribution < -0.4 is 10.6 Å². The summed E-state index contributed by atoms with van der Waals surface area (Å²) < 4.78 is 13.5. The summed E-state index contributed by atoms with van der Waals surface area (Å²) in [6.45, 7) is 1.99. The Hall–Kier alpha value is -3.20. The van der Waals surface area contributed by atoms with Crippen molar-refractivity contribution in [3.05, 3.63) is 59.9 Å². The van der Waals surface area contributed by atoms with E-state index in [9.17, 15) is 14.0 Å². The first-order chi connectivity index (χ1) is 13.0. The van der Waals surface area contributed by atoms with Crippen LogP contribution in [0.2, 0.25) is 0 Å². The summed E-state index contributed by atoms with van der Waals surface area (Å²) in [7, 11) is 0. The van der Waals surface area contributed by atoms with Crippen LogP contribution in [-0.4, -0.2) is 32.9 Å². The van der Waals surface area contributed by atoms with Crippen molar-refractivity contribution in [2.24, 2.45) is 0 Å². The quantitative estimate of drug-likeness (QED) is 0.585. The lowest BCUT2D eigenvalue weighted by atomic mass is 10.1. The number of benzene rings is 2. The fourth-order valence-electron chi connectivity index (χ4n) is 2.16. The second-order valence-electron chi connectivity index (χ2n) is 5.60. The van der Waals surface area contributed by atoms with Gasteiger partial charge in [0.1, 0.15) is 5.82 Å². The van der Waals surface area contributed by atoms with E-state index in [1.54, 1.807) is 6.07 Å². The van der Waals surface area contributed by atoms with Crippen LogP contribution >= 0.6 is 11.8 Å². The highest BCUT2D eigenvalue weighted by Gasteiger charge is 2.12. The minimum atomic E-state index is -0.805. The molecule has 27 heavy (non-hydrogen) atoms. The highest BCUT2D eigenvalue weighted by atomic mass is 32.2. The molecule has 0 aliphatic heterocycles. The van der Waals surface area contributed by atoms with E-state index in [-0.39, 0.29) is 11.4 Å². The maximum Gasteiger partial charge on any atom is 0.325 e. The van der Waals surface area contributed by atoms with E-state index in [0.29, 0.717) is 11.0 Å². The second-order valence-corrected chi connectivity index (χ2v) is 6.55. The van der Waals surface area contributed by atoms with Crippen molar-refractivity contribution in [2.45, 2.75) is 12.1 Å². The molecule has 0 atom stereocenters. The predicted molar refractivity (Wildman–Crippen MR) is 101 cm³/mol. The summed E-state index contributed by atoms with van der Waals surface area (Å²) in [6.07, 6.45) is 0. The number of aryl methyl sites for hydroxylation is 1. The number of nitrogens with one attached hydrogen (secondary N) is 3. The van der Waals surface area contributed by atoms with Crippen molar-refractivity contribution in [3.8, 4) is 11.4 Å². The van der Waals surface area contributed by atoms with Gasteiger partial charge in [-0.05, 0) is 19.1 Å². The normalized spacial score (nSPS) is 10.4. The van der Waals surface area contributed by atoms with Crippen molar-refractivity contribution in [3.63, 3.8) is 0 Å². The number of aromatic nitrogens is 3. The Labute approximate surface area is 158 Å². The number of rotatable bonds is 5. The van der Waals surface area contributed by atoms with Crippen molar-refractivity contribution in [2.75, 3.05) is 11.1 Å². The van der Waals surface area contributed by atoms with Crippen molar-refractivity contribution in [1.29, 1.82) is 0 Å². The molecule has 9 heteroatoms. The summed E-state index contributed by atoms with van der Waals surface area (Å²) in [6, 6.07) is 12.7. The maximum absolute atomic E-state index is 13.5. The summed E-state index contributed by atoms with van der Waals surface area (Å²) in [5.41, 5.74) is 2.01. The van der Waals surface area contributed by atoms with Gasteiger partial charge in [0.2, 0.25) is 11.1 Å². The van der Waals surface area contributed by atoms with Gasteiger partial charge in [0, 0.05) is 5.56 Å². The Morgan fingerprint density at radius 2 is 1.89 bits per heavy atom. The molecule has 0 unspecified atom stereocenters. The lowest BCUT2D eigenvalue weighted by Gasteiger charge is -2.06. The van der Waals surface area contributed by atoms with Crippen molar-refractivity contribution >= 4 is 29.4 Å². The molecule has 0 spiro atoms. The zero-order valence-electron chi connectivity index (χ0n) is 14.3. The van der Waals surface area contributed by atoms with Gasteiger partial charge in [0.15, 0.2) is 5.82 Å². The first kappa shape index (κ1) is 18.6. The number of H-pyrrole nitrogens is 1. The third-order valence-corrected chi connectivity index (χ3v) is 4.34. The van der Waals surface area contributed by atoms with Crippen LogP contribution in [0.1, 0.15) is 5.56 Å². The summed E-state index contributed by atoms with van der Waals surface area (Å²) in [5, 5.41) is 11.6. The van der Waals surface area contributed by atoms with Crippen LogP contribution in [-0.2, 0) is 4.79 Å². The molecular formula is C18H16FN5O2S. The Balaban J connectivity index is 1.50. The number of halogens is 1. The number of carbonyl (C=O) groups is 2. The molecule has 0 bridgehead atoms. The highest BCUT2D eigenvalue weighted by molar-refractivity contribution is 7.99. The number of imide groups is 1. The first-order valence-corrected chi connectivity index (χ1v) is 8.97. The number of thioether (sulfide) groups is 1. The summed E-state index contributed by atoms with van der Waals surface area (Å²) in [4.78, 5) is 27.9. The number of nitrogens with zero attached hydrogens (tertiary/aromatic N) is 2. The van der Waals surface area contributed by atoms with Crippen LogP contribution in [0, 0.1) is 12.7 Å². The first-order valence-electron chi connectivity index (χ1n) is 7.99. The van der Waals surface area contributed by atoms with Crippen LogP contribution in [0.5, 0.6) is 0 Å². The second kappa shape index (κ2) is 8.45. The smallest absolute Gasteiger partial charge is 0.305 e. The van der Waals surface area contributed by atoms with Gasteiger partial charge in [-0.25, -0.2) is 14.2 Å². The van der Waals surface area contributed by atoms with Gasteiger partial charge < -0.3 is 5.32 Å². The zero-order valence-corrected chi connectivity index (χ0v) is 15.1. The SMILES string of the molecule is Cc1ccc(-c2nc(SCC(=O)NC(=O)Nc3ccccc3F)n[nH]2)cc1. The lowest BCUT2D eigenvalue weighted by molar-refractivity contribution is -0.117. The van der Waals surface area contributed by atoms with Crippen molar-refractivity contribution in [1.82, 2.24) is 20.5 Å². The number of hydrogen-bond acceptors (Lipinski definition) is 5. The molecule has 138 valence electrons. The van der Waals surface area contributed by atoms with E-state index in [0.717, 1.165) is 22.9 Å². The fourth-order valence-corrected chi connectivity index (χ4v) is 2.76.